The van der Waals surface area contributed by atoms with E-state index < -0.39 is 0 Å². The molecular weight excluding hydrogens is 138 g/mol. The van der Waals surface area contributed by atoms with E-state index in [0.29, 0.717) is 12.0 Å². The van der Waals surface area contributed by atoms with Gasteiger partial charge in [0.25, 0.3) is 0 Å². The molecule has 1 saturated carbocycles. The molecule has 0 aliphatic heterocycles. The first kappa shape index (κ1) is 10.9. The Hall–Kier alpha value is -0.0800. The molecule has 1 fully saturated rings. The Morgan fingerprint density at radius 2 is 1.73 bits per heavy atom. The summed E-state index contributed by atoms with van der Waals surface area (Å²) < 4.78 is 0. The van der Waals surface area contributed by atoms with Gasteiger partial charge in [0.05, 0.1) is 0 Å². The standard InChI is InChI=1S/C7H15NO.C2H6/c1-8(2)5-7(6-9)3-4-7;1-2/h9H,3-6H2,1-2H3;1-2H3. The van der Waals surface area contributed by atoms with Crippen LogP contribution in [0.5, 0.6) is 0 Å². The molecule has 1 N–H and O–H groups in total. The lowest BCUT2D eigenvalue weighted by atomic mass is 10.1. The van der Waals surface area contributed by atoms with Gasteiger partial charge in [0, 0.05) is 18.6 Å². The average molecular weight is 159 g/mol. The minimum absolute atomic E-state index is 0.295. The Morgan fingerprint density at radius 3 is 1.82 bits per heavy atom. The Labute approximate surface area is 70.2 Å². The SMILES string of the molecule is CC.CN(C)CC1(CO)CC1. The van der Waals surface area contributed by atoms with Gasteiger partial charge in [-0.15, -0.1) is 0 Å². The van der Waals surface area contributed by atoms with Crippen molar-refractivity contribution in [3.05, 3.63) is 0 Å². The third-order valence-corrected chi connectivity index (χ3v) is 1.94. The van der Waals surface area contributed by atoms with Crippen molar-refractivity contribution in [2.45, 2.75) is 26.7 Å². The highest BCUT2D eigenvalue weighted by molar-refractivity contribution is 4.93. The Morgan fingerprint density at radius 1 is 1.27 bits per heavy atom. The van der Waals surface area contributed by atoms with E-state index in [1.54, 1.807) is 0 Å². The summed E-state index contributed by atoms with van der Waals surface area (Å²) in [5.41, 5.74) is 0.295. The molecule has 0 heterocycles. The summed E-state index contributed by atoms with van der Waals surface area (Å²) in [6.45, 7) is 5.41. The lowest BCUT2D eigenvalue weighted by Crippen LogP contribution is -2.25. The zero-order valence-electron chi connectivity index (χ0n) is 8.22. The van der Waals surface area contributed by atoms with Crippen LogP contribution < -0.4 is 0 Å². The van der Waals surface area contributed by atoms with E-state index in [4.69, 9.17) is 5.11 Å². The predicted molar refractivity (Wildman–Crippen MR) is 48.7 cm³/mol. The van der Waals surface area contributed by atoms with Gasteiger partial charge in [-0.3, -0.25) is 0 Å². The van der Waals surface area contributed by atoms with Crippen molar-refractivity contribution in [2.24, 2.45) is 5.41 Å². The molecule has 0 aromatic heterocycles. The zero-order valence-corrected chi connectivity index (χ0v) is 8.22. The maximum absolute atomic E-state index is 8.88. The number of nitrogens with zero attached hydrogens (tertiary/aromatic N) is 1. The quantitative estimate of drug-likeness (QED) is 0.672. The first-order valence-corrected chi connectivity index (χ1v) is 4.44. The monoisotopic (exact) mass is 159 g/mol. The third kappa shape index (κ3) is 3.73. The Balaban J connectivity index is 0.000000461. The largest absolute Gasteiger partial charge is 0.396 e. The van der Waals surface area contributed by atoms with E-state index in [9.17, 15) is 0 Å². The number of aliphatic hydroxyl groups excluding tert-OH is 1. The number of aliphatic hydroxyl groups is 1. The molecule has 2 nitrogen and oxygen atoms in total. The summed E-state index contributed by atoms with van der Waals surface area (Å²) in [5, 5.41) is 8.88. The van der Waals surface area contributed by atoms with Gasteiger partial charge in [0.2, 0.25) is 0 Å². The van der Waals surface area contributed by atoms with Crippen LogP contribution in [0.3, 0.4) is 0 Å². The topological polar surface area (TPSA) is 23.5 Å². The second kappa shape index (κ2) is 4.73. The summed E-state index contributed by atoms with van der Waals surface area (Å²) in [7, 11) is 4.10. The number of hydrogen-bond acceptors (Lipinski definition) is 2. The van der Waals surface area contributed by atoms with Crippen molar-refractivity contribution in [1.29, 1.82) is 0 Å². The van der Waals surface area contributed by atoms with Crippen LogP contribution in [-0.2, 0) is 0 Å². The van der Waals surface area contributed by atoms with E-state index in [1.807, 2.05) is 13.8 Å². The molecule has 68 valence electrons. The molecule has 0 aromatic carbocycles. The van der Waals surface area contributed by atoms with Gasteiger partial charge in [0.15, 0.2) is 0 Å². The van der Waals surface area contributed by atoms with Crippen molar-refractivity contribution in [1.82, 2.24) is 4.90 Å². The molecule has 0 amide bonds. The molecule has 0 atom stereocenters. The van der Waals surface area contributed by atoms with Crippen LogP contribution in [0.1, 0.15) is 26.7 Å². The van der Waals surface area contributed by atoms with Gasteiger partial charge in [-0.2, -0.15) is 0 Å². The summed E-state index contributed by atoms with van der Waals surface area (Å²) in [5.74, 6) is 0. The molecule has 0 spiro atoms. The highest BCUT2D eigenvalue weighted by Crippen LogP contribution is 2.45. The lowest BCUT2D eigenvalue weighted by Gasteiger charge is -2.16. The van der Waals surface area contributed by atoms with Crippen LogP contribution in [-0.4, -0.2) is 37.3 Å². The minimum Gasteiger partial charge on any atom is -0.396 e. The van der Waals surface area contributed by atoms with Gasteiger partial charge < -0.3 is 10.0 Å². The van der Waals surface area contributed by atoms with Crippen LogP contribution in [0.15, 0.2) is 0 Å². The first-order chi connectivity index (χ1) is 5.18. The van der Waals surface area contributed by atoms with Gasteiger partial charge >= 0.3 is 0 Å². The van der Waals surface area contributed by atoms with Crippen molar-refractivity contribution in [3.63, 3.8) is 0 Å². The summed E-state index contributed by atoms with van der Waals surface area (Å²) in [6.07, 6.45) is 2.42. The van der Waals surface area contributed by atoms with Crippen molar-refractivity contribution < 1.29 is 5.11 Å². The second-order valence-electron chi connectivity index (χ2n) is 3.40. The number of hydrogen-bond donors (Lipinski definition) is 1. The van der Waals surface area contributed by atoms with Crippen LogP contribution in [0.25, 0.3) is 0 Å². The highest BCUT2D eigenvalue weighted by Gasteiger charge is 2.41. The normalized spacial score (nSPS) is 19.1. The molecule has 1 aliphatic rings. The van der Waals surface area contributed by atoms with Crippen molar-refractivity contribution in [2.75, 3.05) is 27.2 Å². The minimum atomic E-state index is 0.295. The van der Waals surface area contributed by atoms with E-state index in [1.165, 1.54) is 12.8 Å². The maximum atomic E-state index is 8.88. The molecule has 1 rings (SSSR count). The Bertz CT molecular complexity index is 97.7. The highest BCUT2D eigenvalue weighted by atomic mass is 16.3. The van der Waals surface area contributed by atoms with E-state index in [-0.39, 0.29) is 0 Å². The van der Waals surface area contributed by atoms with Crippen LogP contribution in [0.2, 0.25) is 0 Å². The first-order valence-electron chi connectivity index (χ1n) is 4.44. The zero-order chi connectivity index (χ0) is 8.91. The Kier molecular flexibility index (Phi) is 4.69. The molecule has 0 saturated heterocycles. The molecule has 0 unspecified atom stereocenters. The summed E-state index contributed by atoms with van der Waals surface area (Å²) >= 11 is 0. The molecule has 11 heavy (non-hydrogen) atoms. The van der Waals surface area contributed by atoms with E-state index in [2.05, 4.69) is 19.0 Å². The molecule has 0 bridgehead atoms. The fourth-order valence-electron chi connectivity index (χ4n) is 1.21. The summed E-state index contributed by atoms with van der Waals surface area (Å²) in [6, 6.07) is 0. The fraction of sp³-hybridized carbons (Fsp3) is 1.00. The molecule has 2 heteroatoms. The van der Waals surface area contributed by atoms with E-state index >= 15 is 0 Å². The van der Waals surface area contributed by atoms with Gasteiger partial charge in [-0.05, 0) is 26.9 Å². The lowest BCUT2D eigenvalue weighted by molar-refractivity contribution is 0.176. The van der Waals surface area contributed by atoms with Crippen LogP contribution >= 0.6 is 0 Å². The average Bonchev–Trinajstić information content (AvgIpc) is 2.73. The van der Waals surface area contributed by atoms with Gasteiger partial charge in [0.1, 0.15) is 0 Å². The summed E-state index contributed by atoms with van der Waals surface area (Å²) in [4.78, 5) is 2.14. The third-order valence-electron chi connectivity index (χ3n) is 1.94. The fourth-order valence-corrected chi connectivity index (χ4v) is 1.21. The molecular formula is C9H21NO. The molecule has 0 aromatic rings. The predicted octanol–water partition coefficient (Wildman–Crippen LogP) is 1.35. The van der Waals surface area contributed by atoms with Gasteiger partial charge in [-0.25, -0.2) is 0 Å². The van der Waals surface area contributed by atoms with Crippen molar-refractivity contribution >= 4 is 0 Å². The van der Waals surface area contributed by atoms with Gasteiger partial charge in [-0.1, -0.05) is 13.8 Å². The van der Waals surface area contributed by atoms with Crippen molar-refractivity contribution in [3.8, 4) is 0 Å². The van der Waals surface area contributed by atoms with Crippen LogP contribution in [0.4, 0.5) is 0 Å². The van der Waals surface area contributed by atoms with E-state index in [0.717, 1.165) is 6.54 Å². The molecule has 1 aliphatic carbocycles. The molecule has 0 radical (unpaired) electrons. The number of rotatable bonds is 3. The maximum Gasteiger partial charge on any atom is 0.0499 e. The van der Waals surface area contributed by atoms with Crippen LogP contribution in [0, 0.1) is 5.41 Å². The smallest absolute Gasteiger partial charge is 0.0499 e. The second-order valence-corrected chi connectivity index (χ2v) is 3.40.